The van der Waals surface area contributed by atoms with Crippen LogP contribution in [-0.4, -0.2) is 35.0 Å². The quantitative estimate of drug-likeness (QED) is 0.848. The molecule has 5 heteroatoms. The molecule has 1 N–H and O–H groups in total. The first-order valence-corrected chi connectivity index (χ1v) is 8.83. The third kappa shape index (κ3) is 3.71. The zero-order valence-corrected chi connectivity index (χ0v) is 13.4. The van der Waals surface area contributed by atoms with Crippen molar-refractivity contribution >= 4 is 11.9 Å². The SMILES string of the molecule is O=C(C=C(C1CC1)C1CC1)N[C@@H]1CCCN(c2ncccn2)C1. The fraction of sp³-hybridized carbons (Fsp3) is 0.611. The summed E-state index contributed by atoms with van der Waals surface area (Å²) in [7, 11) is 0. The molecule has 122 valence electrons. The number of carbonyl (C=O) groups excluding carboxylic acids is 1. The maximum absolute atomic E-state index is 12.4. The normalized spacial score (nSPS) is 24.2. The van der Waals surface area contributed by atoms with Gasteiger partial charge in [0.1, 0.15) is 0 Å². The number of hydrogen-bond acceptors (Lipinski definition) is 4. The standard InChI is InChI=1S/C18H24N4O/c23-17(11-16(13-4-5-13)14-6-7-14)21-15-3-1-10-22(12-15)18-19-8-2-9-20-18/h2,8-9,11,13-15H,1,3-7,10,12H2,(H,21,23)/t15-/m1/s1. The lowest BCUT2D eigenvalue weighted by Crippen LogP contribution is -2.48. The van der Waals surface area contributed by atoms with Gasteiger partial charge in [-0.25, -0.2) is 9.97 Å². The number of carbonyl (C=O) groups is 1. The van der Waals surface area contributed by atoms with Gasteiger partial charge in [-0.15, -0.1) is 0 Å². The molecule has 2 saturated carbocycles. The molecule has 1 amide bonds. The fourth-order valence-electron chi connectivity index (χ4n) is 3.53. The van der Waals surface area contributed by atoms with Crippen molar-refractivity contribution in [2.45, 2.75) is 44.6 Å². The summed E-state index contributed by atoms with van der Waals surface area (Å²) >= 11 is 0. The number of amides is 1. The van der Waals surface area contributed by atoms with E-state index >= 15 is 0 Å². The average Bonchev–Trinajstić information content (AvgIpc) is 3.48. The van der Waals surface area contributed by atoms with Crippen molar-refractivity contribution in [2.24, 2.45) is 11.8 Å². The van der Waals surface area contributed by atoms with Gasteiger partial charge in [0.25, 0.3) is 0 Å². The van der Waals surface area contributed by atoms with Crippen molar-refractivity contribution < 1.29 is 4.79 Å². The van der Waals surface area contributed by atoms with Crippen molar-refractivity contribution in [3.05, 3.63) is 30.1 Å². The first kappa shape index (κ1) is 14.7. The predicted molar refractivity (Wildman–Crippen MR) is 88.9 cm³/mol. The Morgan fingerprint density at radius 3 is 2.48 bits per heavy atom. The van der Waals surface area contributed by atoms with Crippen molar-refractivity contribution in [1.29, 1.82) is 0 Å². The summed E-state index contributed by atoms with van der Waals surface area (Å²) in [5, 5.41) is 3.20. The van der Waals surface area contributed by atoms with E-state index in [0.717, 1.165) is 31.9 Å². The van der Waals surface area contributed by atoms with Crippen LogP contribution in [0.5, 0.6) is 0 Å². The molecule has 0 aromatic carbocycles. The molecule has 3 aliphatic rings. The number of rotatable bonds is 5. The number of anilines is 1. The number of aromatic nitrogens is 2. The first-order chi connectivity index (χ1) is 11.3. The Balaban J connectivity index is 1.36. The summed E-state index contributed by atoms with van der Waals surface area (Å²) in [5.74, 6) is 2.26. The van der Waals surface area contributed by atoms with E-state index in [4.69, 9.17) is 0 Å². The second-order valence-corrected chi connectivity index (χ2v) is 7.04. The summed E-state index contributed by atoms with van der Waals surface area (Å²) in [6, 6.07) is 2.02. The van der Waals surface area contributed by atoms with Crippen molar-refractivity contribution in [3.8, 4) is 0 Å². The molecule has 1 aromatic heterocycles. The monoisotopic (exact) mass is 312 g/mol. The third-order valence-corrected chi connectivity index (χ3v) is 5.00. The molecule has 4 rings (SSSR count). The molecular weight excluding hydrogens is 288 g/mol. The van der Waals surface area contributed by atoms with Gasteiger partial charge >= 0.3 is 0 Å². The summed E-state index contributed by atoms with van der Waals surface area (Å²) < 4.78 is 0. The lowest BCUT2D eigenvalue weighted by molar-refractivity contribution is -0.117. The van der Waals surface area contributed by atoms with Crippen LogP contribution >= 0.6 is 0 Å². The fourth-order valence-corrected chi connectivity index (χ4v) is 3.53. The largest absolute Gasteiger partial charge is 0.348 e. The van der Waals surface area contributed by atoms with Crippen LogP contribution in [0.25, 0.3) is 0 Å². The van der Waals surface area contributed by atoms with Gasteiger partial charge in [0.05, 0.1) is 0 Å². The Hall–Kier alpha value is -1.91. The highest BCUT2D eigenvalue weighted by Gasteiger charge is 2.36. The van der Waals surface area contributed by atoms with E-state index in [9.17, 15) is 4.79 Å². The zero-order chi connectivity index (χ0) is 15.6. The lowest BCUT2D eigenvalue weighted by Gasteiger charge is -2.32. The molecule has 2 aliphatic carbocycles. The molecule has 2 heterocycles. The van der Waals surface area contributed by atoms with Gasteiger partial charge in [-0.1, -0.05) is 5.57 Å². The topological polar surface area (TPSA) is 58.1 Å². The van der Waals surface area contributed by atoms with Crippen molar-refractivity contribution in [3.63, 3.8) is 0 Å². The molecule has 3 fully saturated rings. The van der Waals surface area contributed by atoms with E-state index in [2.05, 4.69) is 20.2 Å². The Morgan fingerprint density at radius 2 is 1.83 bits per heavy atom. The van der Waals surface area contributed by atoms with Crippen molar-refractivity contribution in [1.82, 2.24) is 15.3 Å². The van der Waals surface area contributed by atoms with Crippen LogP contribution in [0.1, 0.15) is 38.5 Å². The van der Waals surface area contributed by atoms with Crippen LogP contribution in [0.4, 0.5) is 5.95 Å². The van der Waals surface area contributed by atoms with Gasteiger partial charge in [0.2, 0.25) is 11.9 Å². The van der Waals surface area contributed by atoms with Crippen LogP contribution in [0.3, 0.4) is 0 Å². The zero-order valence-electron chi connectivity index (χ0n) is 13.4. The third-order valence-electron chi connectivity index (χ3n) is 5.00. The van der Waals surface area contributed by atoms with Gasteiger partial charge in [0.15, 0.2) is 0 Å². The van der Waals surface area contributed by atoms with Crippen LogP contribution in [0.2, 0.25) is 0 Å². The lowest BCUT2D eigenvalue weighted by atomic mass is 10.0. The van der Waals surface area contributed by atoms with E-state index in [1.165, 1.54) is 31.3 Å². The number of allylic oxidation sites excluding steroid dienone is 1. The Morgan fingerprint density at radius 1 is 1.13 bits per heavy atom. The van der Waals surface area contributed by atoms with Crippen LogP contribution in [-0.2, 0) is 4.79 Å². The van der Waals surface area contributed by atoms with E-state index in [1.807, 2.05) is 12.1 Å². The molecule has 0 unspecified atom stereocenters. The smallest absolute Gasteiger partial charge is 0.244 e. The molecule has 0 bridgehead atoms. The number of nitrogens with zero attached hydrogens (tertiary/aromatic N) is 3. The molecule has 1 atom stereocenters. The first-order valence-electron chi connectivity index (χ1n) is 8.83. The number of piperidine rings is 1. The van der Waals surface area contributed by atoms with Crippen LogP contribution < -0.4 is 10.2 Å². The van der Waals surface area contributed by atoms with E-state index in [0.29, 0.717) is 11.8 Å². The second kappa shape index (κ2) is 6.30. The van der Waals surface area contributed by atoms with Gasteiger partial charge in [-0.2, -0.15) is 0 Å². The molecule has 1 aliphatic heterocycles. The molecule has 1 aromatic rings. The summed E-state index contributed by atoms with van der Waals surface area (Å²) in [4.78, 5) is 23.2. The van der Waals surface area contributed by atoms with Gasteiger partial charge in [-0.3, -0.25) is 4.79 Å². The van der Waals surface area contributed by atoms with Crippen LogP contribution in [0.15, 0.2) is 30.1 Å². The summed E-state index contributed by atoms with van der Waals surface area (Å²) in [6.07, 6.45) is 12.6. The number of hydrogen-bond donors (Lipinski definition) is 1. The van der Waals surface area contributed by atoms with Gasteiger partial charge in [-0.05, 0) is 56.4 Å². The summed E-state index contributed by atoms with van der Waals surface area (Å²) in [5.41, 5.74) is 1.42. The van der Waals surface area contributed by atoms with Gasteiger partial charge in [0, 0.05) is 37.6 Å². The molecule has 1 saturated heterocycles. The summed E-state index contributed by atoms with van der Waals surface area (Å²) in [6.45, 7) is 1.76. The Bertz CT molecular complexity index is 578. The predicted octanol–water partition coefficient (Wildman–Crippen LogP) is 2.31. The van der Waals surface area contributed by atoms with E-state index in [-0.39, 0.29) is 11.9 Å². The highest BCUT2D eigenvalue weighted by Crippen LogP contribution is 2.48. The minimum atomic E-state index is 0.0969. The highest BCUT2D eigenvalue weighted by atomic mass is 16.1. The average molecular weight is 312 g/mol. The Kier molecular flexibility index (Phi) is 4.02. The highest BCUT2D eigenvalue weighted by molar-refractivity contribution is 5.88. The molecule has 0 spiro atoms. The Labute approximate surface area is 137 Å². The maximum Gasteiger partial charge on any atom is 0.244 e. The number of nitrogens with one attached hydrogen (secondary N) is 1. The van der Waals surface area contributed by atoms with E-state index < -0.39 is 0 Å². The molecule has 23 heavy (non-hydrogen) atoms. The molecule has 0 radical (unpaired) electrons. The molecule has 5 nitrogen and oxygen atoms in total. The van der Waals surface area contributed by atoms with Crippen LogP contribution in [0, 0.1) is 11.8 Å². The van der Waals surface area contributed by atoms with Crippen molar-refractivity contribution in [2.75, 3.05) is 18.0 Å². The molecular formula is C18H24N4O. The second-order valence-electron chi connectivity index (χ2n) is 7.04. The minimum absolute atomic E-state index is 0.0969. The maximum atomic E-state index is 12.4. The van der Waals surface area contributed by atoms with E-state index in [1.54, 1.807) is 12.4 Å². The van der Waals surface area contributed by atoms with Gasteiger partial charge < -0.3 is 10.2 Å². The minimum Gasteiger partial charge on any atom is -0.348 e.